The summed E-state index contributed by atoms with van der Waals surface area (Å²) in [4.78, 5) is 7.97. The highest BCUT2D eigenvalue weighted by Crippen LogP contribution is 2.13. The largest absolute Gasteiger partial charge is 0.368 e. The second-order valence-corrected chi connectivity index (χ2v) is 2.67. The lowest BCUT2D eigenvalue weighted by Crippen LogP contribution is -1.95. The van der Waals surface area contributed by atoms with Gasteiger partial charge in [0.2, 0.25) is 5.95 Å². The van der Waals surface area contributed by atoms with Gasteiger partial charge < -0.3 is 5.73 Å². The Balaban J connectivity index is 0.000000461. The van der Waals surface area contributed by atoms with Gasteiger partial charge in [0.15, 0.2) is 0 Å². The van der Waals surface area contributed by atoms with E-state index in [0.29, 0.717) is 5.95 Å². The molecular formula is C9H15N5. The molecule has 0 bridgehead atoms. The molecule has 0 aliphatic carbocycles. The Labute approximate surface area is 83.0 Å². The Kier molecular flexibility index (Phi) is 3.01. The van der Waals surface area contributed by atoms with E-state index in [1.165, 1.54) is 0 Å². The van der Waals surface area contributed by atoms with Crippen LogP contribution < -0.4 is 5.73 Å². The first-order valence-electron chi connectivity index (χ1n) is 4.60. The van der Waals surface area contributed by atoms with Crippen LogP contribution in [0, 0.1) is 6.92 Å². The molecule has 0 radical (unpaired) electrons. The minimum absolute atomic E-state index is 0.290. The van der Waals surface area contributed by atoms with E-state index in [-0.39, 0.29) is 0 Å². The summed E-state index contributed by atoms with van der Waals surface area (Å²) in [7, 11) is 1.86. The number of aromatic nitrogens is 4. The van der Waals surface area contributed by atoms with E-state index in [1.54, 1.807) is 10.9 Å². The van der Waals surface area contributed by atoms with Gasteiger partial charge in [0.05, 0.1) is 11.9 Å². The van der Waals surface area contributed by atoms with E-state index in [0.717, 1.165) is 16.7 Å². The van der Waals surface area contributed by atoms with Gasteiger partial charge in [-0.1, -0.05) is 13.8 Å². The van der Waals surface area contributed by atoms with Crippen LogP contribution in [0.4, 0.5) is 5.95 Å². The van der Waals surface area contributed by atoms with Gasteiger partial charge in [-0.25, -0.2) is 9.97 Å². The van der Waals surface area contributed by atoms with Crippen LogP contribution in [0.5, 0.6) is 0 Å². The summed E-state index contributed by atoms with van der Waals surface area (Å²) >= 11 is 0. The quantitative estimate of drug-likeness (QED) is 0.684. The van der Waals surface area contributed by atoms with Crippen molar-refractivity contribution in [1.82, 2.24) is 19.7 Å². The van der Waals surface area contributed by atoms with Crippen molar-refractivity contribution in [3.63, 3.8) is 0 Å². The fraction of sp³-hybridized carbons (Fsp3) is 0.444. The maximum absolute atomic E-state index is 5.44. The van der Waals surface area contributed by atoms with Crippen LogP contribution in [0.3, 0.4) is 0 Å². The van der Waals surface area contributed by atoms with Crippen molar-refractivity contribution >= 4 is 17.0 Å². The maximum atomic E-state index is 5.44. The third kappa shape index (κ3) is 1.66. The summed E-state index contributed by atoms with van der Waals surface area (Å²) in [6.45, 7) is 5.90. The van der Waals surface area contributed by atoms with Gasteiger partial charge in [-0.2, -0.15) is 5.10 Å². The van der Waals surface area contributed by atoms with Crippen LogP contribution >= 0.6 is 0 Å². The van der Waals surface area contributed by atoms with Crippen LogP contribution in [0.15, 0.2) is 6.20 Å². The lowest BCUT2D eigenvalue weighted by molar-refractivity contribution is 0.782. The molecular weight excluding hydrogens is 178 g/mol. The van der Waals surface area contributed by atoms with Gasteiger partial charge in [0.25, 0.3) is 0 Å². The number of fused-ring (bicyclic) bond motifs is 1. The molecule has 5 heteroatoms. The highest BCUT2D eigenvalue weighted by molar-refractivity contribution is 5.77. The van der Waals surface area contributed by atoms with Crippen LogP contribution in [-0.2, 0) is 7.05 Å². The first kappa shape index (κ1) is 10.4. The predicted octanol–water partition coefficient (Wildman–Crippen LogP) is 1.28. The lowest BCUT2D eigenvalue weighted by Gasteiger charge is -1.92. The molecule has 0 aromatic carbocycles. The third-order valence-corrected chi connectivity index (χ3v) is 1.78. The summed E-state index contributed by atoms with van der Waals surface area (Å²) in [6.07, 6.45) is 1.68. The number of nitrogen functional groups attached to an aromatic ring is 1. The molecule has 0 atom stereocenters. The van der Waals surface area contributed by atoms with E-state index < -0.39 is 0 Å². The zero-order chi connectivity index (χ0) is 10.7. The Morgan fingerprint density at radius 3 is 2.64 bits per heavy atom. The highest BCUT2D eigenvalue weighted by Gasteiger charge is 2.05. The smallest absolute Gasteiger partial charge is 0.220 e. The average molecular weight is 193 g/mol. The van der Waals surface area contributed by atoms with Crippen LogP contribution in [0.1, 0.15) is 19.5 Å². The minimum Gasteiger partial charge on any atom is -0.368 e. The van der Waals surface area contributed by atoms with Crippen LogP contribution in [-0.4, -0.2) is 19.7 Å². The maximum Gasteiger partial charge on any atom is 0.220 e. The van der Waals surface area contributed by atoms with Crippen molar-refractivity contribution in [3.8, 4) is 0 Å². The molecule has 0 spiro atoms. The molecule has 2 aromatic rings. The number of hydrogen-bond acceptors (Lipinski definition) is 4. The molecule has 0 unspecified atom stereocenters. The van der Waals surface area contributed by atoms with Crippen molar-refractivity contribution in [3.05, 3.63) is 11.9 Å². The van der Waals surface area contributed by atoms with Crippen LogP contribution in [0.25, 0.3) is 11.0 Å². The second kappa shape index (κ2) is 4.04. The normalized spacial score (nSPS) is 9.71. The SMILES string of the molecule is CC.Cc1nn(C)c2cnc(N)nc12. The molecule has 2 aromatic heterocycles. The monoisotopic (exact) mass is 193 g/mol. The summed E-state index contributed by atoms with van der Waals surface area (Å²) in [5.41, 5.74) is 8.05. The molecule has 0 amide bonds. The van der Waals surface area contributed by atoms with Crippen LogP contribution in [0.2, 0.25) is 0 Å². The first-order valence-corrected chi connectivity index (χ1v) is 4.60. The standard InChI is InChI=1S/C7H9N5.C2H6/c1-4-6-5(12(2)11-4)3-9-7(8)10-6;1-2/h3H,1-2H3,(H2,8,9,10);1-2H3. The van der Waals surface area contributed by atoms with Gasteiger partial charge in [-0.3, -0.25) is 4.68 Å². The molecule has 0 saturated heterocycles. The molecule has 0 saturated carbocycles. The van der Waals surface area contributed by atoms with Gasteiger partial charge in [-0.05, 0) is 6.92 Å². The third-order valence-electron chi connectivity index (χ3n) is 1.78. The Bertz CT molecular complexity index is 432. The number of anilines is 1. The first-order chi connectivity index (χ1) is 6.68. The molecule has 14 heavy (non-hydrogen) atoms. The summed E-state index contributed by atoms with van der Waals surface area (Å²) in [5, 5.41) is 4.19. The molecule has 0 aliphatic heterocycles. The molecule has 0 fully saturated rings. The Morgan fingerprint density at radius 2 is 2.00 bits per heavy atom. The Morgan fingerprint density at radius 1 is 1.36 bits per heavy atom. The number of nitrogens with zero attached hydrogens (tertiary/aromatic N) is 4. The van der Waals surface area contributed by atoms with Gasteiger partial charge in [-0.15, -0.1) is 0 Å². The van der Waals surface area contributed by atoms with Gasteiger partial charge in [0, 0.05) is 7.05 Å². The van der Waals surface area contributed by atoms with Crippen molar-refractivity contribution in [2.24, 2.45) is 7.05 Å². The van der Waals surface area contributed by atoms with E-state index in [1.807, 2.05) is 27.8 Å². The van der Waals surface area contributed by atoms with Crippen molar-refractivity contribution in [2.75, 3.05) is 5.73 Å². The summed E-state index contributed by atoms with van der Waals surface area (Å²) in [5.74, 6) is 0.290. The van der Waals surface area contributed by atoms with E-state index >= 15 is 0 Å². The molecule has 76 valence electrons. The second-order valence-electron chi connectivity index (χ2n) is 2.67. The molecule has 5 nitrogen and oxygen atoms in total. The topological polar surface area (TPSA) is 69.6 Å². The summed E-state index contributed by atoms with van der Waals surface area (Å²) < 4.78 is 1.74. The Hall–Kier alpha value is -1.65. The molecule has 2 rings (SSSR count). The van der Waals surface area contributed by atoms with Crippen molar-refractivity contribution in [1.29, 1.82) is 0 Å². The fourth-order valence-electron chi connectivity index (χ4n) is 1.22. The number of hydrogen-bond donors (Lipinski definition) is 1. The summed E-state index contributed by atoms with van der Waals surface area (Å²) in [6, 6.07) is 0. The zero-order valence-electron chi connectivity index (χ0n) is 8.94. The van der Waals surface area contributed by atoms with Crippen molar-refractivity contribution < 1.29 is 0 Å². The van der Waals surface area contributed by atoms with Crippen molar-refractivity contribution in [2.45, 2.75) is 20.8 Å². The molecule has 2 heterocycles. The van der Waals surface area contributed by atoms with Gasteiger partial charge >= 0.3 is 0 Å². The number of aryl methyl sites for hydroxylation is 2. The van der Waals surface area contributed by atoms with Gasteiger partial charge in [0.1, 0.15) is 11.0 Å². The van der Waals surface area contributed by atoms with E-state index in [4.69, 9.17) is 5.73 Å². The lowest BCUT2D eigenvalue weighted by atomic mass is 10.4. The number of rotatable bonds is 0. The predicted molar refractivity (Wildman–Crippen MR) is 56.8 cm³/mol. The minimum atomic E-state index is 0.290. The zero-order valence-corrected chi connectivity index (χ0v) is 8.94. The average Bonchev–Trinajstić information content (AvgIpc) is 2.46. The molecule has 2 N–H and O–H groups in total. The molecule has 0 aliphatic rings. The number of nitrogens with two attached hydrogens (primary N) is 1. The van der Waals surface area contributed by atoms with E-state index in [2.05, 4.69) is 15.1 Å². The highest BCUT2D eigenvalue weighted by atomic mass is 15.3. The van der Waals surface area contributed by atoms with E-state index in [9.17, 15) is 0 Å². The fourth-order valence-corrected chi connectivity index (χ4v) is 1.22.